The topological polar surface area (TPSA) is 65.5 Å². The molecule has 6 heteroatoms. The van der Waals surface area contributed by atoms with E-state index >= 15 is 0 Å². The Morgan fingerprint density at radius 3 is 2.72 bits per heavy atom. The lowest BCUT2D eigenvalue weighted by atomic mass is 10.1. The van der Waals surface area contributed by atoms with Crippen LogP contribution >= 0.6 is 0 Å². The summed E-state index contributed by atoms with van der Waals surface area (Å²) < 4.78 is 13.8. The van der Waals surface area contributed by atoms with Gasteiger partial charge in [0, 0.05) is 31.4 Å². The summed E-state index contributed by atoms with van der Waals surface area (Å²) in [4.78, 5) is 18.8. The molecule has 1 aromatic heterocycles. The van der Waals surface area contributed by atoms with Gasteiger partial charge in [-0.25, -0.2) is 9.37 Å². The van der Waals surface area contributed by atoms with Gasteiger partial charge in [-0.05, 0) is 37.5 Å². The normalized spacial score (nSPS) is 15.7. The van der Waals surface area contributed by atoms with E-state index < -0.39 is 11.9 Å². The van der Waals surface area contributed by atoms with Gasteiger partial charge in [-0.2, -0.15) is 0 Å². The average Bonchev–Trinajstić information content (AvgIpc) is 2.67. The van der Waals surface area contributed by atoms with Crippen LogP contribution in [-0.4, -0.2) is 40.5 Å². The molecule has 5 nitrogen and oxygen atoms in total. The van der Waals surface area contributed by atoms with Crippen molar-refractivity contribution < 1.29 is 14.3 Å². The minimum atomic E-state index is -1.03. The summed E-state index contributed by atoms with van der Waals surface area (Å²) in [5.41, 5.74) is 0.694. The third-order valence-corrected chi connectivity index (χ3v) is 4.41. The van der Waals surface area contributed by atoms with E-state index in [9.17, 15) is 14.3 Å². The number of likely N-dealkylation sites (tertiary alicyclic amines) is 1. The second-order valence-electron chi connectivity index (χ2n) is 6.17. The van der Waals surface area contributed by atoms with Gasteiger partial charge in [0.05, 0.1) is 11.7 Å². The molecular weight excluding hydrogens is 321 g/mol. The van der Waals surface area contributed by atoms with Crippen LogP contribution in [0.15, 0.2) is 42.6 Å². The first-order valence-electron chi connectivity index (χ1n) is 8.57. The van der Waals surface area contributed by atoms with Crippen molar-refractivity contribution in [1.29, 1.82) is 0 Å². The molecule has 1 fully saturated rings. The third kappa shape index (κ3) is 4.14. The number of aliphatic hydroxyl groups is 1. The highest BCUT2D eigenvalue weighted by molar-refractivity contribution is 5.98. The van der Waals surface area contributed by atoms with Crippen LogP contribution in [0.3, 0.4) is 0 Å². The van der Waals surface area contributed by atoms with Crippen molar-refractivity contribution in [2.45, 2.75) is 25.4 Å². The zero-order chi connectivity index (χ0) is 17.6. The zero-order valence-corrected chi connectivity index (χ0v) is 14.0. The number of aliphatic hydroxyl groups excluding tert-OH is 1. The third-order valence-electron chi connectivity index (χ3n) is 4.41. The second kappa shape index (κ2) is 8.07. The Kier molecular flexibility index (Phi) is 5.60. The number of hydrogen-bond donors (Lipinski definition) is 2. The van der Waals surface area contributed by atoms with Crippen LogP contribution in [0.2, 0.25) is 0 Å². The Labute approximate surface area is 146 Å². The first kappa shape index (κ1) is 17.4. The van der Waals surface area contributed by atoms with E-state index in [1.54, 1.807) is 36.5 Å². The molecule has 1 atom stereocenters. The van der Waals surface area contributed by atoms with E-state index in [1.807, 2.05) is 4.90 Å². The first-order chi connectivity index (χ1) is 12.2. The fraction of sp³-hybridized carbons (Fsp3) is 0.368. The lowest BCUT2D eigenvalue weighted by molar-refractivity contribution is 0.0724. The predicted molar refractivity (Wildman–Crippen MR) is 93.8 cm³/mol. The number of nitrogens with zero attached hydrogens (tertiary/aromatic N) is 2. The number of aromatic nitrogens is 1. The number of piperidine rings is 1. The summed E-state index contributed by atoms with van der Waals surface area (Å²) in [6, 6.07) is 9.54. The lowest BCUT2D eigenvalue weighted by Gasteiger charge is -2.27. The van der Waals surface area contributed by atoms with E-state index in [0.29, 0.717) is 11.4 Å². The van der Waals surface area contributed by atoms with Crippen molar-refractivity contribution >= 4 is 11.7 Å². The number of anilines is 1. The van der Waals surface area contributed by atoms with Gasteiger partial charge >= 0.3 is 0 Å². The Balaban J connectivity index is 1.70. The van der Waals surface area contributed by atoms with Crippen LogP contribution in [0.4, 0.5) is 10.2 Å². The number of pyridine rings is 1. The molecule has 1 saturated heterocycles. The number of nitrogens with one attached hydrogen (secondary N) is 1. The summed E-state index contributed by atoms with van der Waals surface area (Å²) >= 11 is 0. The molecule has 1 aliphatic rings. The second-order valence-corrected chi connectivity index (χ2v) is 6.17. The highest BCUT2D eigenvalue weighted by Crippen LogP contribution is 2.20. The van der Waals surface area contributed by atoms with Crippen LogP contribution < -0.4 is 5.32 Å². The van der Waals surface area contributed by atoms with Gasteiger partial charge in [0.25, 0.3) is 5.91 Å². The molecule has 1 aromatic carbocycles. The van der Waals surface area contributed by atoms with E-state index in [-0.39, 0.29) is 18.0 Å². The van der Waals surface area contributed by atoms with Crippen molar-refractivity contribution in [3.63, 3.8) is 0 Å². The quantitative estimate of drug-likeness (QED) is 0.876. The number of halogens is 1. The van der Waals surface area contributed by atoms with Crippen LogP contribution in [0.25, 0.3) is 0 Å². The van der Waals surface area contributed by atoms with Gasteiger partial charge in [-0.15, -0.1) is 0 Å². The summed E-state index contributed by atoms with van der Waals surface area (Å²) in [6.45, 7) is 1.58. The zero-order valence-electron chi connectivity index (χ0n) is 14.0. The molecule has 2 aromatic rings. The summed E-state index contributed by atoms with van der Waals surface area (Å²) in [6.07, 6.45) is 3.74. The number of rotatable bonds is 5. The molecule has 3 rings (SSSR count). The van der Waals surface area contributed by atoms with Crippen molar-refractivity contribution in [3.05, 3.63) is 59.5 Å². The Bertz CT molecular complexity index is 732. The van der Waals surface area contributed by atoms with Gasteiger partial charge in [0.15, 0.2) is 0 Å². The highest BCUT2D eigenvalue weighted by Gasteiger charge is 2.22. The van der Waals surface area contributed by atoms with Crippen molar-refractivity contribution in [3.8, 4) is 0 Å². The van der Waals surface area contributed by atoms with Gasteiger partial charge in [-0.3, -0.25) is 4.79 Å². The fourth-order valence-corrected chi connectivity index (χ4v) is 3.03. The van der Waals surface area contributed by atoms with Gasteiger partial charge < -0.3 is 15.3 Å². The van der Waals surface area contributed by atoms with Crippen molar-refractivity contribution in [2.24, 2.45) is 0 Å². The first-order valence-corrected chi connectivity index (χ1v) is 8.57. The average molecular weight is 343 g/mol. The van der Waals surface area contributed by atoms with Crippen molar-refractivity contribution in [2.75, 3.05) is 25.0 Å². The summed E-state index contributed by atoms with van der Waals surface area (Å²) in [7, 11) is 0. The molecule has 0 aliphatic carbocycles. The highest BCUT2D eigenvalue weighted by atomic mass is 19.1. The lowest BCUT2D eigenvalue weighted by Crippen LogP contribution is -2.36. The Hall–Kier alpha value is -2.47. The molecule has 1 amide bonds. The molecule has 0 bridgehead atoms. The Morgan fingerprint density at radius 1 is 1.20 bits per heavy atom. The fourth-order valence-electron chi connectivity index (χ4n) is 3.03. The SMILES string of the molecule is O=C(c1cccnc1NCC(O)c1ccccc1F)N1CCCCC1. The van der Waals surface area contributed by atoms with Crippen LogP contribution in [0, 0.1) is 5.82 Å². The monoisotopic (exact) mass is 343 g/mol. The number of carbonyl (C=O) groups excluding carboxylic acids is 1. The maximum absolute atomic E-state index is 13.8. The maximum Gasteiger partial charge on any atom is 0.257 e. The maximum atomic E-state index is 13.8. The molecule has 0 spiro atoms. The molecule has 0 saturated carbocycles. The van der Waals surface area contributed by atoms with Crippen LogP contribution in [-0.2, 0) is 0 Å². The minimum absolute atomic E-state index is 0.0596. The van der Waals surface area contributed by atoms with Gasteiger partial charge in [0.1, 0.15) is 11.6 Å². The molecule has 132 valence electrons. The number of amides is 1. The molecule has 1 aliphatic heterocycles. The Morgan fingerprint density at radius 2 is 1.96 bits per heavy atom. The van der Waals surface area contributed by atoms with E-state index in [0.717, 1.165) is 32.4 Å². The number of carbonyl (C=O) groups is 1. The van der Waals surface area contributed by atoms with Crippen LogP contribution in [0.1, 0.15) is 41.3 Å². The van der Waals surface area contributed by atoms with Crippen LogP contribution in [0.5, 0.6) is 0 Å². The molecule has 1 unspecified atom stereocenters. The van der Waals surface area contributed by atoms with Crippen molar-refractivity contribution in [1.82, 2.24) is 9.88 Å². The van der Waals surface area contributed by atoms with Gasteiger partial charge in [-0.1, -0.05) is 18.2 Å². The predicted octanol–water partition coefficient (Wildman–Crippen LogP) is 2.99. The molecule has 2 heterocycles. The largest absolute Gasteiger partial charge is 0.386 e. The summed E-state index contributed by atoms with van der Waals surface area (Å²) in [5, 5.41) is 13.2. The minimum Gasteiger partial charge on any atom is -0.386 e. The van der Waals surface area contributed by atoms with Gasteiger partial charge in [0.2, 0.25) is 0 Å². The molecule has 2 N–H and O–H groups in total. The number of benzene rings is 1. The van der Waals surface area contributed by atoms with E-state index in [2.05, 4.69) is 10.3 Å². The number of hydrogen-bond acceptors (Lipinski definition) is 4. The van der Waals surface area contributed by atoms with E-state index in [4.69, 9.17) is 0 Å². The standard InChI is InChI=1S/C19H22FN3O2/c20-16-9-3-2-7-14(16)17(24)13-22-18-15(8-6-10-21-18)19(25)23-11-4-1-5-12-23/h2-3,6-10,17,24H,1,4-5,11-13H2,(H,21,22). The smallest absolute Gasteiger partial charge is 0.257 e. The molecule has 25 heavy (non-hydrogen) atoms. The summed E-state index contributed by atoms with van der Waals surface area (Å²) in [5.74, 6) is -0.105. The molecule has 0 radical (unpaired) electrons. The molecular formula is C19H22FN3O2. The van der Waals surface area contributed by atoms with E-state index in [1.165, 1.54) is 6.07 Å².